The lowest BCUT2D eigenvalue weighted by Gasteiger charge is -2.23. The van der Waals surface area contributed by atoms with Crippen LogP contribution < -0.4 is 11.1 Å². The summed E-state index contributed by atoms with van der Waals surface area (Å²) in [6.45, 7) is 5.72. The molecule has 0 aliphatic rings. The van der Waals surface area contributed by atoms with Crippen LogP contribution in [-0.2, 0) is 11.2 Å². The minimum absolute atomic E-state index is 0.138. The zero-order chi connectivity index (χ0) is 15.8. The van der Waals surface area contributed by atoms with Crippen molar-refractivity contribution in [3.8, 4) is 5.75 Å². The first-order valence-electron chi connectivity index (χ1n) is 7.45. The van der Waals surface area contributed by atoms with Crippen LogP contribution in [0.25, 0.3) is 0 Å². The van der Waals surface area contributed by atoms with Gasteiger partial charge in [0.15, 0.2) is 0 Å². The van der Waals surface area contributed by atoms with Crippen LogP contribution in [0.1, 0.15) is 25.8 Å². The van der Waals surface area contributed by atoms with Gasteiger partial charge in [-0.3, -0.25) is 4.79 Å². The second kappa shape index (κ2) is 8.64. The van der Waals surface area contributed by atoms with Crippen molar-refractivity contribution in [1.29, 1.82) is 0 Å². The van der Waals surface area contributed by atoms with Gasteiger partial charge < -0.3 is 21.1 Å². The van der Waals surface area contributed by atoms with E-state index in [1.807, 2.05) is 0 Å². The summed E-state index contributed by atoms with van der Waals surface area (Å²) in [5.41, 5.74) is 6.84. The highest BCUT2D eigenvalue weighted by molar-refractivity contribution is 5.81. The van der Waals surface area contributed by atoms with Gasteiger partial charge in [0.1, 0.15) is 5.75 Å². The fraction of sp³-hybridized carbons (Fsp3) is 0.562. The van der Waals surface area contributed by atoms with Crippen LogP contribution >= 0.6 is 0 Å². The van der Waals surface area contributed by atoms with Crippen molar-refractivity contribution < 1.29 is 9.90 Å². The maximum atomic E-state index is 11.9. The normalized spacial score (nSPS) is 14.0. The molecule has 2 unspecified atom stereocenters. The van der Waals surface area contributed by atoms with Crippen molar-refractivity contribution in [2.45, 2.75) is 38.8 Å². The minimum Gasteiger partial charge on any atom is -0.508 e. The maximum absolute atomic E-state index is 11.9. The van der Waals surface area contributed by atoms with E-state index in [0.29, 0.717) is 19.0 Å². The number of amides is 1. The number of hydrogen-bond donors (Lipinski definition) is 3. The monoisotopic (exact) mass is 293 g/mol. The molecule has 1 aromatic rings. The van der Waals surface area contributed by atoms with Gasteiger partial charge in [0.2, 0.25) is 5.91 Å². The Labute approximate surface area is 127 Å². The summed E-state index contributed by atoms with van der Waals surface area (Å²) in [4.78, 5) is 14.1. The molecule has 2 atom stereocenters. The van der Waals surface area contributed by atoms with Crippen molar-refractivity contribution in [1.82, 2.24) is 10.2 Å². The molecular weight excluding hydrogens is 266 g/mol. The molecule has 4 N–H and O–H groups in total. The molecule has 1 amide bonds. The number of nitrogens with two attached hydrogens (primary N) is 1. The molecule has 5 heteroatoms. The first-order chi connectivity index (χ1) is 9.93. The number of nitrogens with one attached hydrogen (secondary N) is 1. The van der Waals surface area contributed by atoms with E-state index in [0.717, 1.165) is 18.5 Å². The molecule has 21 heavy (non-hydrogen) atoms. The molecule has 5 nitrogen and oxygen atoms in total. The lowest BCUT2D eigenvalue weighted by molar-refractivity contribution is -0.122. The second-order valence-corrected chi connectivity index (χ2v) is 5.51. The number of nitrogens with zero attached hydrogens (tertiary/aromatic N) is 1. The molecule has 0 radical (unpaired) electrons. The van der Waals surface area contributed by atoms with Crippen LogP contribution in [0.3, 0.4) is 0 Å². The first kappa shape index (κ1) is 17.5. The molecule has 0 heterocycles. The predicted molar refractivity (Wildman–Crippen MR) is 85.2 cm³/mol. The number of carbonyl (C=O) groups is 1. The summed E-state index contributed by atoms with van der Waals surface area (Å²) in [7, 11) is 2.05. The van der Waals surface area contributed by atoms with E-state index in [1.54, 1.807) is 24.3 Å². The quantitative estimate of drug-likeness (QED) is 0.671. The number of carbonyl (C=O) groups excluding carboxylic acids is 1. The number of phenolic OH excluding ortho intramolecular Hbond substituents is 1. The van der Waals surface area contributed by atoms with Crippen LogP contribution in [0.15, 0.2) is 24.3 Å². The largest absolute Gasteiger partial charge is 0.508 e. The van der Waals surface area contributed by atoms with Crippen molar-refractivity contribution in [3.63, 3.8) is 0 Å². The fourth-order valence-corrected chi connectivity index (χ4v) is 2.00. The van der Waals surface area contributed by atoms with E-state index in [2.05, 4.69) is 31.1 Å². The van der Waals surface area contributed by atoms with Crippen LogP contribution in [0.5, 0.6) is 5.75 Å². The van der Waals surface area contributed by atoms with Crippen LogP contribution in [0, 0.1) is 0 Å². The Kier molecular flexibility index (Phi) is 7.19. The van der Waals surface area contributed by atoms with Gasteiger partial charge in [0.05, 0.1) is 6.04 Å². The molecule has 118 valence electrons. The topological polar surface area (TPSA) is 78.6 Å². The molecule has 0 spiro atoms. The van der Waals surface area contributed by atoms with E-state index in [9.17, 15) is 9.90 Å². The summed E-state index contributed by atoms with van der Waals surface area (Å²) in [6.07, 6.45) is 1.55. The van der Waals surface area contributed by atoms with Crippen LogP contribution in [-0.4, -0.2) is 48.1 Å². The molecule has 0 saturated carbocycles. The Morgan fingerprint density at radius 2 is 2.00 bits per heavy atom. The van der Waals surface area contributed by atoms with E-state index in [4.69, 9.17) is 5.73 Å². The summed E-state index contributed by atoms with van der Waals surface area (Å²) in [5.74, 6) is 0.0745. The maximum Gasteiger partial charge on any atom is 0.237 e. The molecule has 0 aromatic heterocycles. The van der Waals surface area contributed by atoms with Crippen molar-refractivity contribution in [3.05, 3.63) is 29.8 Å². The van der Waals surface area contributed by atoms with Crippen LogP contribution in [0.2, 0.25) is 0 Å². The Morgan fingerprint density at radius 3 is 2.57 bits per heavy atom. The van der Waals surface area contributed by atoms with Gasteiger partial charge in [-0.05, 0) is 44.5 Å². The van der Waals surface area contributed by atoms with E-state index >= 15 is 0 Å². The molecule has 1 aromatic carbocycles. The Hall–Kier alpha value is -1.59. The van der Waals surface area contributed by atoms with Gasteiger partial charge >= 0.3 is 0 Å². The lowest BCUT2D eigenvalue weighted by atomic mass is 10.1. The number of rotatable bonds is 8. The Morgan fingerprint density at radius 1 is 1.38 bits per heavy atom. The molecule has 0 saturated heterocycles. The first-order valence-corrected chi connectivity index (χ1v) is 7.45. The van der Waals surface area contributed by atoms with Gasteiger partial charge in [-0.1, -0.05) is 19.1 Å². The SMILES string of the molecule is CCC(C)N(C)CCNC(=O)C(N)Cc1ccc(O)cc1. The molecule has 0 aliphatic carbocycles. The standard InChI is InChI=1S/C16H27N3O2/c1-4-12(2)19(3)10-9-18-16(21)15(17)11-13-5-7-14(20)8-6-13/h5-8,12,15,20H,4,9-11,17H2,1-3H3,(H,18,21). The highest BCUT2D eigenvalue weighted by Gasteiger charge is 2.14. The third kappa shape index (κ3) is 6.14. The van der Waals surface area contributed by atoms with Crippen molar-refractivity contribution in [2.75, 3.05) is 20.1 Å². The number of likely N-dealkylation sites (N-methyl/N-ethyl adjacent to an activating group) is 1. The molecule has 0 fully saturated rings. The molecule has 0 aliphatic heterocycles. The molecular formula is C16H27N3O2. The summed E-state index contributed by atoms with van der Waals surface area (Å²) >= 11 is 0. The van der Waals surface area contributed by atoms with Gasteiger partial charge in [-0.2, -0.15) is 0 Å². The van der Waals surface area contributed by atoms with E-state index in [1.165, 1.54) is 0 Å². The predicted octanol–water partition coefficient (Wildman–Crippen LogP) is 1.11. The van der Waals surface area contributed by atoms with Gasteiger partial charge in [-0.15, -0.1) is 0 Å². The number of aromatic hydroxyl groups is 1. The second-order valence-electron chi connectivity index (χ2n) is 5.51. The average Bonchev–Trinajstić information content (AvgIpc) is 2.48. The number of benzene rings is 1. The minimum atomic E-state index is -0.566. The van der Waals surface area contributed by atoms with Crippen molar-refractivity contribution >= 4 is 5.91 Å². The Bertz CT molecular complexity index is 434. The average molecular weight is 293 g/mol. The number of hydrogen-bond acceptors (Lipinski definition) is 4. The van der Waals surface area contributed by atoms with Gasteiger partial charge in [-0.25, -0.2) is 0 Å². The third-order valence-corrected chi connectivity index (χ3v) is 3.84. The zero-order valence-corrected chi connectivity index (χ0v) is 13.2. The third-order valence-electron chi connectivity index (χ3n) is 3.84. The summed E-state index contributed by atoms with van der Waals surface area (Å²) in [5, 5.41) is 12.1. The Balaban J connectivity index is 2.33. The van der Waals surface area contributed by atoms with E-state index < -0.39 is 6.04 Å². The smallest absolute Gasteiger partial charge is 0.237 e. The van der Waals surface area contributed by atoms with Gasteiger partial charge in [0, 0.05) is 19.1 Å². The zero-order valence-electron chi connectivity index (χ0n) is 13.2. The van der Waals surface area contributed by atoms with E-state index in [-0.39, 0.29) is 11.7 Å². The summed E-state index contributed by atoms with van der Waals surface area (Å²) in [6, 6.07) is 6.69. The molecule has 0 bridgehead atoms. The lowest BCUT2D eigenvalue weighted by Crippen LogP contribution is -2.45. The van der Waals surface area contributed by atoms with Crippen LogP contribution in [0.4, 0.5) is 0 Å². The highest BCUT2D eigenvalue weighted by atomic mass is 16.3. The molecule has 1 rings (SSSR count). The fourth-order valence-electron chi connectivity index (χ4n) is 2.00. The highest BCUT2D eigenvalue weighted by Crippen LogP contribution is 2.10. The van der Waals surface area contributed by atoms with Crippen molar-refractivity contribution in [2.24, 2.45) is 5.73 Å². The van der Waals surface area contributed by atoms with Gasteiger partial charge in [0.25, 0.3) is 0 Å². The number of phenols is 1. The summed E-state index contributed by atoms with van der Waals surface area (Å²) < 4.78 is 0.